The lowest BCUT2D eigenvalue weighted by Crippen LogP contribution is -2.29. The smallest absolute Gasteiger partial charge is 0.261 e. The molecule has 0 unspecified atom stereocenters. The Morgan fingerprint density at radius 1 is 1.62 bits per heavy atom. The third kappa shape index (κ3) is 2.56. The van der Waals surface area contributed by atoms with Crippen LogP contribution in [0.25, 0.3) is 0 Å². The summed E-state index contributed by atoms with van der Waals surface area (Å²) in [6.45, 7) is 3.80. The maximum atomic E-state index is 11.4. The summed E-state index contributed by atoms with van der Waals surface area (Å²) in [5.41, 5.74) is 0. The molecule has 0 atom stereocenters. The van der Waals surface area contributed by atoms with Crippen molar-refractivity contribution in [2.75, 3.05) is 0 Å². The summed E-state index contributed by atoms with van der Waals surface area (Å²) < 4.78 is 0. The van der Waals surface area contributed by atoms with Gasteiger partial charge in [-0.1, -0.05) is 0 Å². The molecule has 0 aliphatic carbocycles. The molecule has 1 aromatic rings. The Bertz CT molecular complexity index is 349. The zero-order chi connectivity index (χ0) is 9.84. The first kappa shape index (κ1) is 9.75. The molecule has 0 radical (unpaired) electrons. The second-order valence-corrected chi connectivity index (χ2v) is 3.99. The summed E-state index contributed by atoms with van der Waals surface area (Å²) in [5.74, 6) is -0.110. The summed E-state index contributed by atoms with van der Waals surface area (Å²) in [5, 5.41) is 11.3. The van der Waals surface area contributed by atoms with Gasteiger partial charge in [-0.3, -0.25) is 4.79 Å². The third-order valence-electron chi connectivity index (χ3n) is 1.36. The van der Waals surface area contributed by atoms with E-state index in [1.54, 1.807) is 12.1 Å². The molecule has 0 aliphatic heterocycles. The molecule has 1 rings (SSSR count). The molecular weight excluding hydrogens is 184 g/mol. The van der Waals surface area contributed by atoms with E-state index in [1.807, 2.05) is 19.9 Å². The van der Waals surface area contributed by atoms with Crippen LogP contribution in [0.5, 0.6) is 0 Å². The molecule has 3 nitrogen and oxygen atoms in total. The zero-order valence-corrected chi connectivity index (χ0v) is 8.31. The van der Waals surface area contributed by atoms with Crippen LogP contribution in [0.1, 0.15) is 28.4 Å². The molecule has 1 aromatic heterocycles. The zero-order valence-electron chi connectivity index (χ0n) is 7.50. The van der Waals surface area contributed by atoms with Crippen molar-refractivity contribution in [3.8, 4) is 6.07 Å². The largest absolute Gasteiger partial charge is 0.349 e. The average Bonchev–Trinajstić information content (AvgIpc) is 2.50. The van der Waals surface area contributed by atoms with Crippen molar-refractivity contribution < 1.29 is 4.79 Å². The molecule has 68 valence electrons. The van der Waals surface area contributed by atoms with Crippen LogP contribution in [0, 0.1) is 11.3 Å². The van der Waals surface area contributed by atoms with Gasteiger partial charge in [0, 0.05) is 6.04 Å². The number of nitrogens with zero attached hydrogens (tertiary/aromatic N) is 1. The van der Waals surface area contributed by atoms with Crippen LogP contribution in [-0.4, -0.2) is 11.9 Å². The van der Waals surface area contributed by atoms with Crippen molar-refractivity contribution in [1.82, 2.24) is 5.32 Å². The molecule has 1 N–H and O–H groups in total. The molecule has 13 heavy (non-hydrogen) atoms. The van der Waals surface area contributed by atoms with E-state index >= 15 is 0 Å². The summed E-state index contributed by atoms with van der Waals surface area (Å²) in [7, 11) is 0. The van der Waals surface area contributed by atoms with Gasteiger partial charge >= 0.3 is 0 Å². The van der Waals surface area contributed by atoms with Gasteiger partial charge in [-0.05, 0) is 26.0 Å². The number of carbonyl (C=O) groups excluding carboxylic acids is 1. The van der Waals surface area contributed by atoms with Crippen LogP contribution in [0.3, 0.4) is 0 Å². The minimum Gasteiger partial charge on any atom is -0.349 e. The van der Waals surface area contributed by atoms with E-state index in [-0.39, 0.29) is 11.9 Å². The highest BCUT2D eigenvalue weighted by Gasteiger charge is 2.09. The monoisotopic (exact) mass is 194 g/mol. The maximum absolute atomic E-state index is 11.4. The van der Waals surface area contributed by atoms with Crippen molar-refractivity contribution in [3.05, 3.63) is 21.9 Å². The lowest BCUT2D eigenvalue weighted by Gasteiger charge is -2.05. The average molecular weight is 194 g/mol. The van der Waals surface area contributed by atoms with Crippen LogP contribution in [0.4, 0.5) is 0 Å². The Morgan fingerprint density at radius 2 is 2.31 bits per heavy atom. The fourth-order valence-electron chi connectivity index (χ4n) is 0.853. The van der Waals surface area contributed by atoms with Gasteiger partial charge in [0.15, 0.2) is 0 Å². The Labute approximate surface area is 81.0 Å². The molecule has 0 spiro atoms. The van der Waals surface area contributed by atoms with Gasteiger partial charge in [0.25, 0.3) is 5.91 Å². The molecule has 0 aromatic carbocycles. The molecule has 1 heterocycles. The summed E-state index contributed by atoms with van der Waals surface area (Å²) in [6.07, 6.45) is 0. The second kappa shape index (κ2) is 4.06. The van der Waals surface area contributed by atoms with E-state index in [4.69, 9.17) is 5.26 Å². The number of nitrogens with one attached hydrogen (secondary N) is 1. The quantitative estimate of drug-likeness (QED) is 0.779. The first-order chi connectivity index (χ1) is 6.13. The van der Waals surface area contributed by atoms with Crippen LogP contribution >= 0.6 is 11.3 Å². The molecule has 1 amide bonds. The Morgan fingerprint density at radius 3 is 2.77 bits per heavy atom. The lowest BCUT2D eigenvalue weighted by atomic mass is 10.3. The number of thiophene rings is 1. The van der Waals surface area contributed by atoms with Gasteiger partial charge in [-0.2, -0.15) is 5.26 Å². The van der Waals surface area contributed by atoms with Crippen LogP contribution in [0.2, 0.25) is 0 Å². The Hall–Kier alpha value is -1.34. The number of amides is 1. The van der Waals surface area contributed by atoms with Gasteiger partial charge < -0.3 is 5.32 Å². The molecule has 0 aliphatic rings. The first-order valence-electron chi connectivity index (χ1n) is 3.94. The minimum absolute atomic E-state index is 0.110. The van der Waals surface area contributed by atoms with E-state index < -0.39 is 0 Å². The predicted molar refractivity (Wildman–Crippen MR) is 51.6 cm³/mol. The normalized spacial score (nSPS) is 9.69. The summed E-state index contributed by atoms with van der Waals surface area (Å²) in [6, 6.07) is 5.44. The van der Waals surface area contributed by atoms with Gasteiger partial charge in [0.05, 0.1) is 4.88 Å². The topological polar surface area (TPSA) is 52.9 Å². The number of rotatable bonds is 2. The van der Waals surface area contributed by atoms with Crippen molar-refractivity contribution >= 4 is 17.2 Å². The Kier molecular flexibility index (Phi) is 3.04. The standard InChI is InChI=1S/C9H10N2OS/c1-6(2)11-9(12)8-4-3-7(5-10)13-8/h3-4,6H,1-2H3,(H,11,12). The van der Waals surface area contributed by atoms with E-state index in [0.29, 0.717) is 9.75 Å². The van der Waals surface area contributed by atoms with Crippen molar-refractivity contribution in [2.45, 2.75) is 19.9 Å². The van der Waals surface area contributed by atoms with Crippen molar-refractivity contribution in [1.29, 1.82) is 5.26 Å². The molecule has 0 saturated heterocycles. The SMILES string of the molecule is CC(C)NC(=O)c1ccc(C#N)s1. The summed E-state index contributed by atoms with van der Waals surface area (Å²) >= 11 is 1.21. The van der Waals surface area contributed by atoms with E-state index in [1.165, 1.54) is 11.3 Å². The maximum Gasteiger partial charge on any atom is 0.261 e. The van der Waals surface area contributed by atoms with Crippen LogP contribution < -0.4 is 5.32 Å². The molecule has 4 heteroatoms. The predicted octanol–water partition coefficient (Wildman–Crippen LogP) is 1.76. The highest BCUT2D eigenvalue weighted by Crippen LogP contribution is 2.14. The molecular formula is C9H10N2OS. The van der Waals surface area contributed by atoms with Crippen molar-refractivity contribution in [2.24, 2.45) is 0 Å². The first-order valence-corrected chi connectivity index (χ1v) is 4.76. The summed E-state index contributed by atoms with van der Waals surface area (Å²) in [4.78, 5) is 12.5. The number of hydrogen-bond donors (Lipinski definition) is 1. The fraction of sp³-hybridized carbons (Fsp3) is 0.333. The number of carbonyl (C=O) groups is 1. The molecule has 0 bridgehead atoms. The number of nitriles is 1. The van der Waals surface area contributed by atoms with Gasteiger partial charge in [0.2, 0.25) is 0 Å². The van der Waals surface area contributed by atoms with Gasteiger partial charge in [-0.25, -0.2) is 0 Å². The third-order valence-corrected chi connectivity index (χ3v) is 2.35. The van der Waals surface area contributed by atoms with Crippen LogP contribution in [0.15, 0.2) is 12.1 Å². The second-order valence-electron chi connectivity index (χ2n) is 2.90. The number of hydrogen-bond acceptors (Lipinski definition) is 3. The van der Waals surface area contributed by atoms with Crippen LogP contribution in [-0.2, 0) is 0 Å². The van der Waals surface area contributed by atoms with E-state index in [9.17, 15) is 4.79 Å². The van der Waals surface area contributed by atoms with Gasteiger partial charge in [-0.15, -0.1) is 11.3 Å². The van der Waals surface area contributed by atoms with E-state index in [2.05, 4.69) is 5.32 Å². The highest BCUT2D eigenvalue weighted by atomic mass is 32.1. The van der Waals surface area contributed by atoms with Crippen molar-refractivity contribution in [3.63, 3.8) is 0 Å². The molecule has 0 saturated carbocycles. The highest BCUT2D eigenvalue weighted by molar-refractivity contribution is 7.14. The minimum atomic E-state index is -0.110. The Balaban J connectivity index is 2.73. The van der Waals surface area contributed by atoms with Gasteiger partial charge in [0.1, 0.15) is 10.9 Å². The van der Waals surface area contributed by atoms with E-state index in [0.717, 1.165) is 0 Å². The molecule has 0 fully saturated rings. The fourth-order valence-corrected chi connectivity index (χ4v) is 1.56. The lowest BCUT2D eigenvalue weighted by molar-refractivity contribution is 0.0947.